The standard InChI is InChI=1S/C14H21FN2O2S/c1-10(2)8-17-20(18,19)14-7-12(15)4-3-11(14)9-16-13-5-6-13/h3-4,7,10,13,16-17H,5-6,8-9H2,1-2H3. The summed E-state index contributed by atoms with van der Waals surface area (Å²) in [5.41, 5.74) is 0.606. The van der Waals surface area contributed by atoms with Gasteiger partial charge in [-0.1, -0.05) is 19.9 Å². The molecular formula is C14H21FN2O2S. The van der Waals surface area contributed by atoms with E-state index in [0.717, 1.165) is 18.9 Å². The molecule has 0 amide bonds. The lowest BCUT2D eigenvalue weighted by atomic mass is 10.2. The maximum atomic E-state index is 13.4. The Hall–Kier alpha value is -0.980. The van der Waals surface area contributed by atoms with Gasteiger partial charge in [-0.2, -0.15) is 0 Å². The minimum Gasteiger partial charge on any atom is -0.310 e. The highest BCUT2D eigenvalue weighted by atomic mass is 32.2. The molecule has 112 valence electrons. The van der Waals surface area contributed by atoms with Gasteiger partial charge in [0.2, 0.25) is 10.0 Å². The van der Waals surface area contributed by atoms with Gasteiger partial charge in [0.15, 0.2) is 0 Å². The zero-order chi connectivity index (χ0) is 14.8. The van der Waals surface area contributed by atoms with E-state index >= 15 is 0 Å². The van der Waals surface area contributed by atoms with Gasteiger partial charge in [-0.3, -0.25) is 0 Å². The largest absolute Gasteiger partial charge is 0.310 e. The van der Waals surface area contributed by atoms with Crippen LogP contribution in [0.2, 0.25) is 0 Å². The van der Waals surface area contributed by atoms with Crippen LogP contribution in [0.25, 0.3) is 0 Å². The van der Waals surface area contributed by atoms with Crippen molar-refractivity contribution in [3.8, 4) is 0 Å². The van der Waals surface area contributed by atoms with Crippen molar-refractivity contribution in [1.82, 2.24) is 10.0 Å². The molecular weight excluding hydrogens is 279 g/mol. The molecule has 2 N–H and O–H groups in total. The number of nitrogens with one attached hydrogen (secondary N) is 2. The molecule has 0 atom stereocenters. The molecule has 1 aromatic rings. The topological polar surface area (TPSA) is 58.2 Å². The molecule has 0 radical (unpaired) electrons. The van der Waals surface area contributed by atoms with Crippen molar-refractivity contribution in [2.75, 3.05) is 6.54 Å². The number of hydrogen-bond donors (Lipinski definition) is 2. The van der Waals surface area contributed by atoms with Crippen LogP contribution in [0.4, 0.5) is 4.39 Å². The van der Waals surface area contributed by atoms with E-state index in [2.05, 4.69) is 10.0 Å². The maximum absolute atomic E-state index is 13.4. The number of rotatable bonds is 7. The van der Waals surface area contributed by atoms with Crippen LogP contribution in [0.5, 0.6) is 0 Å². The van der Waals surface area contributed by atoms with Crippen molar-refractivity contribution in [1.29, 1.82) is 0 Å². The third-order valence-corrected chi connectivity index (χ3v) is 4.66. The smallest absolute Gasteiger partial charge is 0.241 e. The molecule has 2 rings (SSSR count). The first-order valence-corrected chi connectivity index (χ1v) is 8.38. The molecule has 4 nitrogen and oxygen atoms in total. The average molecular weight is 300 g/mol. The summed E-state index contributed by atoms with van der Waals surface area (Å²) in [6.07, 6.45) is 2.24. The summed E-state index contributed by atoms with van der Waals surface area (Å²) in [5.74, 6) is -0.337. The summed E-state index contributed by atoms with van der Waals surface area (Å²) < 4.78 is 40.4. The van der Waals surface area contributed by atoms with E-state index in [1.165, 1.54) is 12.1 Å². The van der Waals surface area contributed by atoms with Gasteiger partial charge in [-0.15, -0.1) is 0 Å². The van der Waals surface area contributed by atoms with Crippen LogP contribution in [0.3, 0.4) is 0 Å². The van der Waals surface area contributed by atoms with Gasteiger partial charge in [0, 0.05) is 19.1 Å². The third kappa shape index (κ3) is 4.26. The van der Waals surface area contributed by atoms with E-state index in [9.17, 15) is 12.8 Å². The van der Waals surface area contributed by atoms with Crippen molar-refractivity contribution in [3.05, 3.63) is 29.6 Å². The van der Waals surface area contributed by atoms with E-state index in [-0.39, 0.29) is 10.8 Å². The quantitative estimate of drug-likeness (QED) is 0.810. The van der Waals surface area contributed by atoms with Gasteiger partial charge in [0.25, 0.3) is 0 Å². The van der Waals surface area contributed by atoms with Gasteiger partial charge in [-0.25, -0.2) is 17.5 Å². The van der Waals surface area contributed by atoms with Crippen LogP contribution >= 0.6 is 0 Å². The molecule has 0 heterocycles. The molecule has 1 saturated carbocycles. The molecule has 0 saturated heterocycles. The Labute approximate surface area is 119 Å². The monoisotopic (exact) mass is 300 g/mol. The first-order valence-electron chi connectivity index (χ1n) is 6.90. The lowest BCUT2D eigenvalue weighted by molar-refractivity contribution is 0.555. The Kier molecular flexibility index (Phi) is 4.78. The van der Waals surface area contributed by atoms with Gasteiger partial charge in [0.1, 0.15) is 5.82 Å². The average Bonchev–Trinajstić information content (AvgIpc) is 3.19. The van der Waals surface area contributed by atoms with Gasteiger partial charge >= 0.3 is 0 Å². The summed E-state index contributed by atoms with van der Waals surface area (Å²) in [4.78, 5) is 0.0336. The van der Waals surface area contributed by atoms with Crippen LogP contribution in [-0.4, -0.2) is 21.0 Å². The van der Waals surface area contributed by atoms with E-state index in [1.807, 2.05) is 13.8 Å². The maximum Gasteiger partial charge on any atom is 0.241 e. The molecule has 6 heteroatoms. The first-order chi connectivity index (χ1) is 9.38. The zero-order valence-corrected chi connectivity index (χ0v) is 12.6. The molecule has 0 aliphatic heterocycles. The van der Waals surface area contributed by atoms with Crippen LogP contribution in [-0.2, 0) is 16.6 Å². The Morgan fingerprint density at radius 1 is 1.35 bits per heavy atom. The highest BCUT2D eigenvalue weighted by Crippen LogP contribution is 2.22. The second-order valence-electron chi connectivity index (χ2n) is 5.65. The van der Waals surface area contributed by atoms with Crippen LogP contribution in [0.1, 0.15) is 32.3 Å². The molecule has 1 fully saturated rings. The SMILES string of the molecule is CC(C)CNS(=O)(=O)c1cc(F)ccc1CNC1CC1. The summed E-state index contributed by atoms with van der Waals surface area (Å²) in [6.45, 7) is 4.63. The van der Waals surface area contributed by atoms with Gasteiger partial charge in [-0.05, 0) is 36.5 Å². The second kappa shape index (κ2) is 6.20. The predicted octanol–water partition coefficient (Wildman–Crippen LogP) is 2.01. The van der Waals surface area contributed by atoms with E-state index in [4.69, 9.17) is 0 Å². The third-order valence-electron chi connectivity index (χ3n) is 3.16. The summed E-state index contributed by atoms with van der Waals surface area (Å²) in [6, 6.07) is 4.39. The highest BCUT2D eigenvalue weighted by molar-refractivity contribution is 7.89. The van der Waals surface area contributed by atoms with Crippen molar-refractivity contribution < 1.29 is 12.8 Å². The highest BCUT2D eigenvalue weighted by Gasteiger charge is 2.23. The number of sulfonamides is 1. The minimum atomic E-state index is -3.67. The van der Waals surface area contributed by atoms with Crippen molar-refractivity contribution in [3.63, 3.8) is 0 Å². The Balaban J connectivity index is 2.20. The van der Waals surface area contributed by atoms with Crippen molar-refractivity contribution in [2.24, 2.45) is 5.92 Å². The Morgan fingerprint density at radius 3 is 2.65 bits per heavy atom. The Morgan fingerprint density at radius 2 is 2.05 bits per heavy atom. The van der Waals surface area contributed by atoms with Crippen LogP contribution < -0.4 is 10.0 Å². The number of benzene rings is 1. The summed E-state index contributed by atoms with van der Waals surface area (Å²) in [5, 5.41) is 3.26. The Bertz CT molecular complexity index is 569. The van der Waals surface area contributed by atoms with Crippen LogP contribution in [0.15, 0.2) is 23.1 Å². The van der Waals surface area contributed by atoms with Gasteiger partial charge in [0.05, 0.1) is 4.90 Å². The second-order valence-corrected chi connectivity index (χ2v) is 7.39. The predicted molar refractivity (Wildman–Crippen MR) is 76.3 cm³/mol. The normalized spacial score (nSPS) is 15.8. The van der Waals surface area contributed by atoms with Crippen LogP contribution in [0, 0.1) is 11.7 Å². The molecule has 20 heavy (non-hydrogen) atoms. The lowest BCUT2D eigenvalue weighted by Crippen LogP contribution is -2.29. The fourth-order valence-corrected chi connectivity index (χ4v) is 3.28. The minimum absolute atomic E-state index is 0.0336. The fourth-order valence-electron chi connectivity index (χ4n) is 1.82. The van der Waals surface area contributed by atoms with Crippen molar-refractivity contribution >= 4 is 10.0 Å². The van der Waals surface area contributed by atoms with E-state index in [1.54, 1.807) is 0 Å². The van der Waals surface area contributed by atoms with Crippen molar-refractivity contribution in [2.45, 2.75) is 44.2 Å². The van der Waals surface area contributed by atoms with E-state index < -0.39 is 15.8 Å². The zero-order valence-electron chi connectivity index (χ0n) is 11.8. The molecule has 1 aliphatic carbocycles. The first kappa shape index (κ1) is 15.4. The van der Waals surface area contributed by atoms with Gasteiger partial charge < -0.3 is 5.32 Å². The number of hydrogen-bond acceptors (Lipinski definition) is 3. The summed E-state index contributed by atoms with van der Waals surface area (Å²) >= 11 is 0. The summed E-state index contributed by atoms with van der Waals surface area (Å²) in [7, 11) is -3.67. The molecule has 1 aromatic carbocycles. The molecule has 0 bridgehead atoms. The molecule has 1 aliphatic rings. The fraction of sp³-hybridized carbons (Fsp3) is 0.571. The molecule has 0 spiro atoms. The van der Waals surface area contributed by atoms with E-state index in [0.29, 0.717) is 24.7 Å². The lowest BCUT2D eigenvalue weighted by Gasteiger charge is -2.13. The molecule has 0 aromatic heterocycles. The number of halogens is 1. The molecule has 0 unspecified atom stereocenters.